The van der Waals surface area contributed by atoms with Crippen molar-refractivity contribution in [3.05, 3.63) is 71.6 Å². The molecule has 0 bridgehead atoms. The highest BCUT2D eigenvalue weighted by Gasteiger charge is 2.40. The Morgan fingerprint density at radius 1 is 1.20 bits per heavy atom. The molecular formula is C22H22FNO5S. The second-order valence-electron chi connectivity index (χ2n) is 7.09. The summed E-state index contributed by atoms with van der Waals surface area (Å²) in [6.45, 7) is 1.76. The van der Waals surface area contributed by atoms with E-state index in [4.69, 9.17) is 4.74 Å². The molecule has 8 heteroatoms. The molecule has 30 heavy (non-hydrogen) atoms. The van der Waals surface area contributed by atoms with Crippen molar-refractivity contribution in [3.63, 3.8) is 0 Å². The molecule has 0 saturated heterocycles. The Balaban J connectivity index is 2.03. The van der Waals surface area contributed by atoms with Gasteiger partial charge in [-0.2, -0.15) is 0 Å². The molecule has 1 aliphatic carbocycles. The number of ketones is 1. The number of esters is 1. The number of anilines is 1. The summed E-state index contributed by atoms with van der Waals surface area (Å²) in [5.74, 6) is -3.52. The minimum Gasteiger partial charge on any atom is -0.465 e. The van der Waals surface area contributed by atoms with E-state index in [-0.39, 0.29) is 18.6 Å². The number of rotatable bonds is 6. The summed E-state index contributed by atoms with van der Waals surface area (Å²) in [5, 5.41) is 0. The lowest BCUT2D eigenvalue weighted by Gasteiger charge is -2.29. The van der Waals surface area contributed by atoms with Crippen molar-refractivity contribution < 1.29 is 27.1 Å². The molecule has 6 nitrogen and oxygen atoms in total. The molecule has 158 valence electrons. The van der Waals surface area contributed by atoms with Crippen LogP contribution in [-0.2, 0) is 24.3 Å². The van der Waals surface area contributed by atoms with Gasteiger partial charge in [-0.25, -0.2) is 12.8 Å². The van der Waals surface area contributed by atoms with Crippen LogP contribution in [-0.4, -0.2) is 33.0 Å². The van der Waals surface area contributed by atoms with Crippen molar-refractivity contribution in [1.29, 1.82) is 0 Å². The van der Waals surface area contributed by atoms with Crippen LogP contribution in [0.4, 0.5) is 10.1 Å². The Morgan fingerprint density at radius 2 is 1.93 bits per heavy atom. The van der Waals surface area contributed by atoms with E-state index in [0.717, 1.165) is 6.26 Å². The second-order valence-corrected chi connectivity index (χ2v) is 8.84. The zero-order valence-corrected chi connectivity index (χ0v) is 17.4. The van der Waals surface area contributed by atoms with E-state index in [1.165, 1.54) is 12.1 Å². The SMILES string of the molecule is CCOC(=O)[C@H]1C(=O)C=C(c2cccc(NS(C)(=O)=O)c2)C[C@@H]1c1ccccc1F. The highest BCUT2D eigenvalue weighted by Crippen LogP contribution is 2.41. The van der Waals surface area contributed by atoms with Gasteiger partial charge >= 0.3 is 5.97 Å². The molecule has 0 heterocycles. The number of ether oxygens (including phenoxy) is 1. The molecule has 0 fully saturated rings. The quantitative estimate of drug-likeness (QED) is 0.558. The molecule has 0 amide bonds. The molecule has 0 radical (unpaired) electrons. The monoisotopic (exact) mass is 431 g/mol. The summed E-state index contributed by atoms with van der Waals surface area (Å²) in [6.07, 6.45) is 2.62. The highest BCUT2D eigenvalue weighted by atomic mass is 32.2. The normalized spacial score (nSPS) is 19.2. The van der Waals surface area contributed by atoms with E-state index in [0.29, 0.717) is 16.8 Å². The van der Waals surface area contributed by atoms with Gasteiger partial charge in [0.1, 0.15) is 11.7 Å². The number of allylic oxidation sites excluding steroid dienone is 2. The van der Waals surface area contributed by atoms with E-state index in [2.05, 4.69) is 4.72 Å². The molecule has 0 aromatic heterocycles. The molecule has 0 aliphatic heterocycles. The van der Waals surface area contributed by atoms with Crippen molar-refractivity contribution in [1.82, 2.24) is 0 Å². The van der Waals surface area contributed by atoms with Crippen LogP contribution >= 0.6 is 0 Å². The molecule has 2 aromatic rings. The van der Waals surface area contributed by atoms with Crippen LogP contribution < -0.4 is 4.72 Å². The average molecular weight is 431 g/mol. The molecule has 0 spiro atoms. The number of sulfonamides is 1. The minimum atomic E-state index is -3.47. The van der Waals surface area contributed by atoms with Crippen LogP contribution in [0.25, 0.3) is 5.57 Å². The smallest absolute Gasteiger partial charge is 0.317 e. The van der Waals surface area contributed by atoms with Crippen LogP contribution in [0.2, 0.25) is 0 Å². The van der Waals surface area contributed by atoms with E-state index in [1.807, 2.05) is 0 Å². The minimum absolute atomic E-state index is 0.113. The predicted octanol–water partition coefficient (Wildman–Crippen LogP) is 3.52. The fourth-order valence-corrected chi connectivity index (χ4v) is 4.20. The van der Waals surface area contributed by atoms with Crippen molar-refractivity contribution in [2.45, 2.75) is 19.3 Å². The summed E-state index contributed by atoms with van der Waals surface area (Å²) in [7, 11) is -3.47. The number of carbonyl (C=O) groups excluding carboxylic acids is 2. The molecule has 1 aliphatic rings. The number of hydrogen-bond donors (Lipinski definition) is 1. The van der Waals surface area contributed by atoms with Crippen LogP contribution in [0.3, 0.4) is 0 Å². The molecule has 1 N–H and O–H groups in total. The van der Waals surface area contributed by atoms with Gasteiger partial charge < -0.3 is 4.74 Å². The van der Waals surface area contributed by atoms with Crippen LogP contribution in [0, 0.1) is 11.7 Å². The van der Waals surface area contributed by atoms with Crippen molar-refractivity contribution in [2.75, 3.05) is 17.6 Å². The Bertz CT molecular complexity index is 1110. The number of carbonyl (C=O) groups is 2. The maximum absolute atomic E-state index is 14.5. The summed E-state index contributed by atoms with van der Waals surface area (Å²) in [5.41, 5.74) is 1.81. The third-order valence-corrected chi connectivity index (χ3v) is 5.45. The second kappa shape index (κ2) is 8.79. The zero-order chi connectivity index (χ0) is 21.9. The zero-order valence-electron chi connectivity index (χ0n) is 16.6. The molecule has 0 saturated carbocycles. The van der Waals surface area contributed by atoms with E-state index < -0.39 is 39.4 Å². The Morgan fingerprint density at radius 3 is 2.60 bits per heavy atom. The van der Waals surface area contributed by atoms with Crippen LogP contribution in [0.15, 0.2) is 54.6 Å². The maximum Gasteiger partial charge on any atom is 0.317 e. The molecule has 2 aromatic carbocycles. The first-order valence-electron chi connectivity index (χ1n) is 9.43. The van der Waals surface area contributed by atoms with Gasteiger partial charge in [-0.15, -0.1) is 0 Å². The summed E-state index contributed by atoms with van der Waals surface area (Å²) >= 11 is 0. The first-order valence-corrected chi connectivity index (χ1v) is 11.3. The van der Waals surface area contributed by atoms with Gasteiger partial charge in [-0.3, -0.25) is 14.3 Å². The lowest BCUT2D eigenvalue weighted by Crippen LogP contribution is -2.34. The lowest BCUT2D eigenvalue weighted by atomic mass is 9.73. The molecular weight excluding hydrogens is 409 g/mol. The van der Waals surface area contributed by atoms with E-state index in [9.17, 15) is 22.4 Å². The number of benzene rings is 2. The third kappa shape index (κ3) is 4.94. The van der Waals surface area contributed by atoms with Gasteiger partial charge in [0, 0.05) is 11.6 Å². The number of halogens is 1. The Labute approximate surface area is 174 Å². The van der Waals surface area contributed by atoms with Gasteiger partial charge in [0.25, 0.3) is 0 Å². The Hall–Kier alpha value is -3.00. The van der Waals surface area contributed by atoms with Crippen LogP contribution in [0.5, 0.6) is 0 Å². The fraction of sp³-hybridized carbons (Fsp3) is 0.273. The largest absolute Gasteiger partial charge is 0.465 e. The molecule has 2 atom stereocenters. The predicted molar refractivity (Wildman–Crippen MR) is 112 cm³/mol. The lowest BCUT2D eigenvalue weighted by molar-refractivity contribution is -0.151. The summed E-state index contributed by atoms with van der Waals surface area (Å²) < 4.78 is 45.1. The highest BCUT2D eigenvalue weighted by molar-refractivity contribution is 7.92. The van der Waals surface area contributed by atoms with E-state index >= 15 is 0 Å². The van der Waals surface area contributed by atoms with Crippen molar-refractivity contribution >= 4 is 33.0 Å². The standard InChI is InChI=1S/C22H22FNO5S/c1-3-29-22(26)21-18(17-9-4-5-10-19(17)23)12-15(13-20(21)25)14-7-6-8-16(11-14)24-30(2,27)28/h4-11,13,18,21,24H,3,12H2,1-2H3/t18-,21-/m1/s1. The Kier molecular flexibility index (Phi) is 6.36. The van der Waals surface area contributed by atoms with Gasteiger partial charge in [0.2, 0.25) is 10.0 Å². The van der Waals surface area contributed by atoms with Crippen molar-refractivity contribution in [3.8, 4) is 0 Å². The van der Waals surface area contributed by atoms with Gasteiger partial charge in [-0.05, 0) is 54.3 Å². The fourth-order valence-electron chi connectivity index (χ4n) is 3.65. The van der Waals surface area contributed by atoms with E-state index in [1.54, 1.807) is 49.4 Å². The molecule has 3 rings (SSSR count). The van der Waals surface area contributed by atoms with Crippen LogP contribution in [0.1, 0.15) is 30.4 Å². The first-order chi connectivity index (χ1) is 14.2. The number of hydrogen-bond acceptors (Lipinski definition) is 5. The average Bonchev–Trinajstić information content (AvgIpc) is 2.66. The molecule has 0 unspecified atom stereocenters. The van der Waals surface area contributed by atoms with Gasteiger partial charge in [-0.1, -0.05) is 30.3 Å². The van der Waals surface area contributed by atoms with Gasteiger partial charge in [0.05, 0.1) is 12.9 Å². The van der Waals surface area contributed by atoms with Gasteiger partial charge in [0.15, 0.2) is 5.78 Å². The maximum atomic E-state index is 14.5. The summed E-state index contributed by atoms with van der Waals surface area (Å²) in [6, 6.07) is 12.6. The number of nitrogens with one attached hydrogen (secondary N) is 1. The third-order valence-electron chi connectivity index (χ3n) is 4.85. The topological polar surface area (TPSA) is 89.5 Å². The van der Waals surface area contributed by atoms with Crippen molar-refractivity contribution in [2.24, 2.45) is 5.92 Å². The first kappa shape index (κ1) is 21.7. The summed E-state index contributed by atoms with van der Waals surface area (Å²) in [4.78, 5) is 25.4.